The third kappa shape index (κ3) is 2.38. The lowest BCUT2D eigenvalue weighted by Gasteiger charge is -2.35. The largest absolute Gasteiger partial charge is 0.461 e. The van der Waals surface area contributed by atoms with Crippen molar-refractivity contribution in [2.75, 3.05) is 5.75 Å². The number of carbonyl (C=O) groups excluding carboxylic acids is 1. The van der Waals surface area contributed by atoms with Crippen molar-refractivity contribution in [1.82, 2.24) is 0 Å². The Kier molecular flexibility index (Phi) is 2.96. The van der Waals surface area contributed by atoms with E-state index in [4.69, 9.17) is 9.88 Å². The third-order valence-electron chi connectivity index (χ3n) is 3.69. The van der Waals surface area contributed by atoms with Gasteiger partial charge in [-0.2, -0.15) is 0 Å². The predicted octanol–water partition coefficient (Wildman–Crippen LogP) is 0.541. The number of hydrogen-bond acceptors (Lipinski definition) is 4. The first-order valence-corrected chi connectivity index (χ1v) is 7.33. The van der Waals surface area contributed by atoms with Gasteiger partial charge in [0, 0.05) is 5.41 Å². The van der Waals surface area contributed by atoms with Crippen molar-refractivity contribution >= 4 is 16.0 Å². The Hall–Kier alpha value is -0.620. The fraction of sp³-hybridized carbons (Fsp3) is 0.900. The number of carbonyl (C=O) groups is 1. The monoisotopic (exact) mass is 247 g/mol. The zero-order valence-electron chi connectivity index (χ0n) is 9.15. The van der Waals surface area contributed by atoms with Crippen molar-refractivity contribution in [3.8, 4) is 0 Å². The molecule has 2 fully saturated rings. The summed E-state index contributed by atoms with van der Waals surface area (Å²) in [6.07, 6.45) is 4.80. The van der Waals surface area contributed by atoms with Gasteiger partial charge in [-0.25, -0.2) is 13.6 Å². The van der Waals surface area contributed by atoms with E-state index in [2.05, 4.69) is 0 Å². The average Bonchev–Trinajstić information content (AvgIpc) is 2.41. The molecular formula is C10H17NO4S. The van der Waals surface area contributed by atoms with E-state index < -0.39 is 16.1 Å². The number of ether oxygens (including phenoxy) is 1. The number of hydrogen-bond donors (Lipinski definition) is 1. The van der Waals surface area contributed by atoms with Gasteiger partial charge in [-0.3, -0.25) is 4.79 Å². The number of esters is 1. The maximum absolute atomic E-state index is 11.4. The molecule has 5 nitrogen and oxygen atoms in total. The molecule has 0 aromatic carbocycles. The molecule has 1 aliphatic carbocycles. The first-order valence-electron chi connectivity index (χ1n) is 5.61. The van der Waals surface area contributed by atoms with E-state index >= 15 is 0 Å². The molecule has 6 heteroatoms. The van der Waals surface area contributed by atoms with Crippen LogP contribution in [0.15, 0.2) is 0 Å². The summed E-state index contributed by atoms with van der Waals surface area (Å²) in [5, 5.41) is 5.03. The molecule has 0 bridgehead atoms. The van der Waals surface area contributed by atoms with Crippen molar-refractivity contribution in [2.45, 2.75) is 44.6 Å². The van der Waals surface area contributed by atoms with Crippen molar-refractivity contribution in [3.63, 3.8) is 0 Å². The molecule has 1 unspecified atom stereocenters. The lowest BCUT2D eigenvalue weighted by molar-refractivity contribution is -0.141. The second-order valence-corrected chi connectivity index (χ2v) is 6.57. The molecular weight excluding hydrogens is 230 g/mol. The van der Waals surface area contributed by atoms with Crippen LogP contribution in [0.25, 0.3) is 0 Å². The summed E-state index contributed by atoms with van der Waals surface area (Å²) in [5.74, 6) is -0.519. The van der Waals surface area contributed by atoms with Crippen LogP contribution in [0.4, 0.5) is 0 Å². The third-order valence-corrected chi connectivity index (χ3v) is 4.45. The molecule has 1 spiro atoms. The summed E-state index contributed by atoms with van der Waals surface area (Å²) < 4.78 is 27.3. The molecule has 0 amide bonds. The summed E-state index contributed by atoms with van der Waals surface area (Å²) in [6, 6.07) is 0. The van der Waals surface area contributed by atoms with Gasteiger partial charge in [-0.05, 0) is 12.8 Å². The van der Waals surface area contributed by atoms with E-state index in [-0.39, 0.29) is 17.1 Å². The van der Waals surface area contributed by atoms with Gasteiger partial charge in [0.2, 0.25) is 10.0 Å². The molecule has 2 aliphatic rings. The van der Waals surface area contributed by atoms with Crippen LogP contribution in [0.1, 0.15) is 38.5 Å². The number of rotatable bonds is 2. The maximum atomic E-state index is 11.4. The van der Waals surface area contributed by atoms with Crippen molar-refractivity contribution < 1.29 is 17.9 Å². The van der Waals surface area contributed by atoms with E-state index in [9.17, 15) is 13.2 Å². The van der Waals surface area contributed by atoms with Gasteiger partial charge in [0.15, 0.2) is 0 Å². The number of primary sulfonamides is 1. The summed E-state index contributed by atoms with van der Waals surface area (Å²) in [6.45, 7) is 0. The van der Waals surface area contributed by atoms with E-state index in [1.807, 2.05) is 0 Å². The highest BCUT2D eigenvalue weighted by Gasteiger charge is 2.50. The molecule has 1 heterocycles. The van der Waals surface area contributed by atoms with Crippen LogP contribution < -0.4 is 5.14 Å². The Labute approximate surface area is 95.4 Å². The van der Waals surface area contributed by atoms with E-state index in [1.165, 1.54) is 0 Å². The summed E-state index contributed by atoms with van der Waals surface area (Å²) in [5.41, 5.74) is -0.262. The van der Waals surface area contributed by atoms with Gasteiger partial charge < -0.3 is 4.74 Å². The Morgan fingerprint density at radius 2 is 1.94 bits per heavy atom. The quantitative estimate of drug-likeness (QED) is 0.721. The van der Waals surface area contributed by atoms with E-state index in [0.29, 0.717) is 6.42 Å². The van der Waals surface area contributed by atoms with Gasteiger partial charge in [-0.15, -0.1) is 0 Å². The molecule has 2 rings (SSSR count). The first-order chi connectivity index (χ1) is 7.41. The van der Waals surface area contributed by atoms with E-state index in [0.717, 1.165) is 32.1 Å². The minimum absolute atomic E-state index is 0.237. The van der Waals surface area contributed by atoms with Crippen LogP contribution in [-0.4, -0.2) is 26.2 Å². The highest BCUT2D eigenvalue weighted by atomic mass is 32.2. The molecule has 0 aromatic rings. The van der Waals surface area contributed by atoms with Gasteiger partial charge in [0.05, 0.1) is 6.42 Å². The van der Waals surface area contributed by atoms with Crippen molar-refractivity contribution in [3.05, 3.63) is 0 Å². The molecule has 1 saturated carbocycles. The zero-order valence-corrected chi connectivity index (χ0v) is 9.96. The maximum Gasteiger partial charge on any atom is 0.306 e. The lowest BCUT2D eigenvalue weighted by Crippen LogP contribution is -2.39. The molecule has 0 radical (unpaired) electrons. The van der Waals surface area contributed by atoms with Crippen LogP contribution >= 0.6 is 0 Å². The van der Waals surface area contributed by atoms with Crippen molar-refractivity contribution in [2.24, 2.45) is 10.6 Å². The highest BCUT2D eigenvalue weighted by molar-refractivity contribution is 7.89. The Balaban J connectivity index is 2.18. The molecule has 2 N–H and O–H groups in total. The second-order valence-electron chi connectivity index (χ2n) is 4.91. The van der Waals surface area contributed by atoms with Gasteiger partial charge in [-0.1, -0.05) is 19.3 Å². The topological polar surface area (TPSA) is 86.5 Å². The standard InChI is InChI=1S/C10H17NO4S/c11-16(13,14)7-8-10(6-9(12)15-8)4-2-1-3-5-10/h8H,1-7H2,(H2,11,13,14). The Morgan fingerprint density at radius 1 is 1.31 bits per heavy atom. The van der Waals surface area contributed by atoms with Crippen LogP contribution in [0.2, 0.25) is 0 Å². The summed E-state index contributed by atoms with van der Waals surface area (Å²) in [4.78, 5) is 11.4. The SMILES string of the molecule is NS(=O)(=O)CC1OC(=O)CC12CCCCC2. The molecule has 1 atom stereocenters. The lowest BCUT2D eigenvalue weighted by atomic mass is 9.70. The number of cyclic esters (lactones) is 1. The highest BCUT2D eigenvalue weighted by Crippen LogP contribution is 2.47. The molecule has 0 aromatic heterocycles. The summed E-state index contributed by atoms with van der Waals surface area (Å²) >= 11 is 0. The molecule has 92 valence electrons. The Bertz CT molecular complexity index is 384. The second kappa shape index (κ2) is 4.00. The van der Waals surface area contributed by atoms with Crippen LogP contribution in [0.5, 0.6) is 0 Å². The van der Waals surface area contributed by atoms with Crippen LogP contribution in [0.3, 0.4) is 0 Å². The first kappa shape index (κ1) is 11.9. The van der Waals surface area contributed by atoms with Crippen LogP contribution in [-0.2, 0) is 19.6 Å². The van der Waals surface area contributed by atoms with Gasteiger partial charge in [0.25, 0.3) is 0 Å². The Morgan fingerprint density at radius 3 is 2.50 bits per heavy atom. The zero-order chi connectivity index (χ0) is 11.8. The normalized spacial score (nSPS) is 29.3. The number of sulfonamides is 1. The van der Waals surface area contributed by atoms with E-state index in [1.54, 1.807) is 0 Å². The minimum atomic E-state index is -3.58. The van der Waals surface area contributed by atoms with Gasteiger partial charge in [0.1, 0.15) is 11.9 Å². The average molecular weight is 247 g/mol. The van der Waals surface area contributed by atoms with Gasteiger partial charge >= 0.3 is 5.97 Å². The molecule has 1 aliphatic heterocycles. The number of nitrogens with two attached hydrogens (primary N) is 1. The van der Waals surface area contributed by atoms with Crippen LogP contribution in [0, 0.1) is 5.41 Å². The summed E-state index contributed by atoms with van der Waals surface area (Å²) in [7, 11) is -3.58. The fourth-order valence-corrected chi connectivity index (χ4v) is 3.75. The predicted molar refractivity (Wildman–Crippen MR) is 58.0 cm³/mol. The molecule has 16 heavy (non-hydrogen) atoms. The van der Waals surface area contributed by atoms with Crippen molar-refractivity contribution in [1.29, 1.82) is 0 Å². The minimum Gasteiger partial charge on any atom is -0.461 e. The fourth-order valence-electron chi connectivity index (χ4n) is 2.90. The molecule has 1 saturated heterocycles. The smallest absolute Gasteiger partial charge is 0.306 e.